The number of aromatic nitrogens is 2. The molecule has 0 saturated heterocycles. The molecule has 1 fully saturated rings. The zero-order chi connectivity index (χ0) is 15.5. The fourth-order valence-electron chi connectivity index (χ4n) is 3.22. The molecule has 0 amide bonds. The molecule has 1 heterocycles. The van der Waals surface area contributed by atoms with Gasteiger partial charge < -0.3 is 4.74 Å². The lowest BCUT2D eigenvalue weighted by Gasteiger charge is -2.29. The molecule has 118 valence electrons. The van der Waals surface area contributed by atoms with Gasteiger partial charge in [0.2, 0.25) is 0 Å². The lowest BCUT2D eigenvalue weighted by Crippen LogP contribution is -2.41. The van der Waals surface area contributed by atoms with Crippen LogP contribution < -0.4 is 0 Å². The number of carbonyl (C=O) groups excluding carboxylic acids is 1. The largest absolute Gasteiger partial charge is 0.370 e. The highest BCUT2D eigenvalue weighted by Gasteiger charge is 2.38. The number of nitrogens with zero attached hydrogens (tertiary/aromatic N) is 2. The van der Waals surface area contributed by atoms with Gasteiger partial charge in [-0.3, -0.25) is 9.48 Å². The Balaban J connectivity index is 2.21. The maximum Gasteiger partial charge on any atom is 0.170 e. The molecule has 0 aliphatic heterocycles. The van der Waals surface area contributed by atoms with Gasteiger partial charge >= 0.3 is 0 Å². The summed E-state index contributed by atoms with van der Waals surface area (Å²) >= 11 is 3.59. The molecule has 1 aromatic rings. The molecule has 5 heteroatoms. The monoisotopic (exact) mass is 356 g/mol. The molecule has 1 aliphatic carbocycles. The highest BCUT2D eigenvalue weighted by atomic mass is 79.9. The number of carbonyl (C=O) groups is 1. The number of ether oxygens (including phenoxy) is 1. The predicted molar refractivity (Wildman–Crippen MR) is 86.4 cm³/mol. The Morgan fingerprint density at radius 3 is 2.43 bits per heavy atom. The smallest absolute Gasteiger partial charge is 0.170 e. The molecule has 0 N–H and O–H groups in total. The lowest BCUT2D eigenvalue weighted by atomic mass is 9.87. The van der Waals surface area contributed by atoms with E-state index in [1.165, 1.54) is 12.8 Å². The quantitative estimate of drug-likeness (QED) is 0.757. The van der Waals surface area contributed by atoms with Crippen molar-refractivity contribution in [2.45, 2.75) is 63.9 Å². The maximum absolute atomic E-state index is 12.9. The van der Waals surface area contributed by atoms with Crippen molar-refractivity contribution >= 4 is 21.7 Å². The van der Waals surface area contributed by atoms with Crippen molar-refractivity contribution in [2.75, 3.05) is 7.11 Å². The molecule has 1 aromatic heterocycles. The summed E-state index contributed by atoms with van der Waals surface area (Å²) in [5.74, 6) is 0.193. The molecule has 0 bridgehead atoms. The van der Waals surface area contributed by atoms with Gasteiger partial charge in [-0.25, -0.2) is 0 Å². The Morgan fingerprint density at radius 2 is 1.95 bits per heavy atom. The minimum atomic E-state index is -0.591. The molecule has 0 radical (unpaired) electrons. The summed E-state index contributed by atoms with van der Waals surface area (Å²) in [6, 6.07) is 0. The van der Waals surface area contributed by atoms with Crippen LogP contribution in [0, 0.1) is 0 Å². The average molecular weight is 357 g/mol. The van der Waals surface area contributed by atoms with Gasteiger partial charge in [-0.1, -0.05) is 32.6 Å². The lowest BCUT2D eigenvalue weighted by molar-refractivity contribution is -0.142. The minimum Gasteiger partial charge on any atom is -0.370 e. The van der Waals surface area contributed by atoms with Crippen LogP contribution in [0.4, 0.5) is 0 Å². The summed E-state index contributed by atoms with van der Waals surface area (Å²) in [4.78, 5) is 12.9. The molecule has 2 rings (SSSR count). The first kappa shape index (κ1) is 16.7. The molecular weight excluding hydrogens is 332 g/mol. The van der Waals surface area contributed by atoms with Crippen LogP contribution in [0.2, 0.25) is 0 Å². The van der Waals surface area contributed by atoms with Crippen LogP contribution in [-0.2, 0) is 29.4 Å². The summed E-state index contributed by atoms with van der Waals surface area (Å²) in [5, 5.41) is 4.47. The van der Waals surface area contributed by atoms with Gasteiger partial charge in [0.1, 0.15) is 5.60 Å². The zero-order valence-electron chi connectivity index (χ0n) is 13.2. The van der Waals surface area contributed by atoms with E-state index in [0.29, 0.717) is 6.42 Å². The number of Topliss-reactive ketones (excluding diaryl/α,β-unsaturated/α-hetero) is 1. The van der Waals surface area contributed by atoms with Crippen LogP contribution in [0.1, 0.15) is 56.8 Å². The van der Waals surface area contributed by atoms with E-state index < -0.39 is 5.60 Å². The van der Waals surface area contributed by atoms with Crippen molar-refractivity contribution in [3.63, 3.8) is 0 Å². The first-order valence-corrected chi connectivity index (χ1v) is 8.62. The second-order valence-corrected chi connectivity index (χ2v) is 6.69. The van der Waals surface area contributed by atoms with Crippen molar-refractivity contribution in [1.82, 2.24) is 9.78 Å². The standard InChI is InChI=1S/C16H25BrN2O2/c1-4-12-15(17)13(19(2)18-12)11-14(20)16(21-3)9-7-5-6-8-10-16/h4-11H2,1-3H3. The second-order valence-electron chi connectivity index (χ2n) is 5.90. The van der Waals surface area contributed by atoms with Crippen molar-refractivity contribution in [2.24, 2.45) is 7.05 Å². The number of ketones is 1. The van der Waals surface area contributed by atoms with Gasteiger partial charge in [0.25, 0.3) is 0 Å². The van der Waals surface area contributed by atoms with E-state index in [2.05, 4.69) is 28.0 Å². The molecule has 0 atom stereocenters. The predicted octanol–water partition coefficient (Wildman–Crippen LogP) is 3.60. The van der Waals surface area contributed by atoms with E-state index in [4.69, 9.17) is 4.74 Å². The molecule has 1 saturated carbocycles. The molecule has 0 unspecified atom stereocenters. The van der Waals surface area contributed by atoms with Crippen molar-refractivity contribution in [3.05, 3.63) is 15.9 Å². The van der Waals surface area contributed by atoms with Gasteiger partial charge in [-0.2, -0.15) is 5.10 Å². The van der Waals surface area contributed by atoms with Gasteiger partial charge in [-0.05, 0) is 35.2 Å². The van der Waals surface area contributed by atoms with Gasteiger partial charge in [0.15, 0.2) is 5.78 Å². The maximum atomic E-state index is 12.9. The second kappa shape index (κ2) is 7.05. The third-order valence-corrected chi connectivity index (χ3v) is 5.56. The van der Waals surface area contributed by atoms with Crippen LogP contribution in [-0.4, -0.2) is 28.3 Å². The van der Waals surface area contributed by atoms with Crippen LogP contribution in [0.25, 0.3) is 0 Å². The number of rotatable bonds is 5. The van der Waals surface area contributed by atoms with Crippen LogP contribution >= 0.6 is 15.9 Å². The van der Waals surface area contributed by atoms with Crippen molar-refractivity contribution in [1.29, 1.82) is 0 Å². The van der Waals surface area contributed by atoms with E-state index in [0.717, 1.165) is 48.0 Å². The normalized spacial score (nSPS) is 18.5. The van der Waals surface area contributed by atoms with Crippen molar-refractivity contribution in [3.8, 4) is 0 Å². The summed E-state index contributed by atoms with van der Waals surface area (Å²) in [5.41, 5.74) is 1.37. The number of hydrogen-bond acceptors (Lipinski definition) is 3. The number of methoxy groups -OCH3 is 1. The first-order chi connectivity index (χ1) is 10.0. The molecule has 0 aromatic carbocycles. The molecule has 0 spiro atoms. The fourth-order valence-corrected chi connectivity index (χ4v) is 3.98. The Labute approximate surface area is 135 Å². The summed E-state index contributed by atoms with van der Waals surface area (Å²) in [6.07, 6.45) is 7.49. The van der Waals surface area contributed by atoms with Gasteiger partial charge in [0, 0.05) is 14.2 Å². The van der Waals surface area contributed by atoms with E-state index in [-0.39, 0.29) is 5.78 Å². The summed E-state index contributed by atoms with van der Waals surface area (Å²) < 4.78 is 8.50. The Morgan fingerprint density at radius 1 is 1.33 bits per heavy atom. The van der Waals surface area contributed by atoms with E-state index in [1.807, 2.05) is 11.7 Å². The SMILES string of the molecule is CCc1nn(C)c(CC(=O)C2(OC)CCCCCC2)c1Br. The molecule has 1 aliphatic rings. The Hall–Kier alpha value is -0.680. The average Bonchev–Trinajstić information content (AvgIpc) is 2.69. The minimum absolute atomic E-state index is 0.193. The van der Waals surface area contributed by atoms with Crippen LogP contribution in [0.5, 0.6) is 0 Å². The molecular formula is C16H25BrN2O2. The summed E-state index contributed by atoms with van der Waals surface area (Å²) in [6.45, 7) is 2.07. The van der Waals surface area contributed by atoms with Crippen LogP contribution in [0.3, 0.4) is 0 Å². The number of halogens is 1. The number of hydrogen-bond donors (Lipinski definition) is 0. The van der Waals surface area contributed by atoms with Crippen LogP contribution in [0.15, 0.2) is 4.47 Å². The van der Waals surface area contributed by atoms with Crippen molar-refractivity contribution < 1.29 is 9.53 Å². The summed E-state index contributed by atoms with van der Waals surface area (Å²) in [7, 11) is 3.58. The van der Waals surface area contributed by atoms with E-state index in [1.54, 1.807) is 7.11 Å². The first-order valence-electron chi connectivity index (χ1n) is 7.82. The Bertz CT molecular complexity index is 503. The molecule has 4 nitrogen and oxygen atoms in total. The van der Waals surface area contributed by atoms with E-state index >= 15 is 0 Å². The zero-order valence-corrected chi connectivity index (χ0v) is 14.8. The number of aryl methyl sites for hydroxylation is 2. The third-order valence-electron chi connectivity index (χ3n) is 4.64. The van der Waals surface area contributed by atoms with E-state index in [9.17, 15) is 4.79 Å². The highest BCUT2D eigenvalue weighted by Crippen LogP contribution is 2.33. The van der Waals surface area contributed by atoms with Gasteiger partial charge in [0.05, 0.1) is 22.3 Å². The fraction of sp³-hybridized carbons (Fsp3) is 0.750. The third kappa shape index (κ3) is 3.39. The highest BCUT2D eigenvalue weighted by molar-refractivity contribution is 9.10. The molecule has 21 heavy (non-hydrogen) atoms. The van der Waals surface area contributed by atoms with Gasteiger partial charge in [-0.15, -0.1) is 0 Å². The Kier molecular flexibility index (Phi) is 5.60. The topological polar surface area (TPSA) is 44.1 Å².